The normalized spacial score (nSPS) is 17.6. The van der Waals surface area contributed by atoms with Crippen LogP contribution in [0, 0.1) is 20.8 Å². The first-order valence-corrected chi connectivity index (χ1v) is 11.8. The van der Waals surface area contributed by atoms with Gasteiger partial charge in [-0.2, -0.15) is 0 Å². The largest absolute Gasteiger partial charge is 0.497 e. The van der Waals surface area contributed by atoms with E-state index in [-0.39, 0.29) is 12.1 Å². The van der Waals surface area contributed by atoms with Gasteiger partial charge in [-0.3, -0.25) is 4.98 Å². The number of hydrogen-bond donors (Lipinski definition) is 1. The Morgan fingerprint density at radius 1 is 0.912 bits per heavy atom. The zero-order valence-corrected chi connectivity index (χ0v) is 20.6. The van der Waals surface area contributed by atoms with Crippen LogP contribution in [0.25, 0.3) is 5.69 Å². The zero-order chi connectivity index (χ0) is 23.8. The van der Waals surface area contributed by atoms with Crippen molar-refractivity contribution in [3.8, 4) is 11.4 Å². The van der Waals surface area contributed by atoms with Gasteiger partial charge in [0.1, 0.15) is 5.75 Å². The highest BCUT2D eigenvalue weighted by Crippen LogP contribution is 2.43. The van der Waals surface area contributed by atoms with E-state index in [1.54, 1.807) is 7.11 Å². The van der Waals surface area contributed by atoms with Crippen LogP contribution in [-0.2, 0) is 0 Å². The summed E-state index contributed by atoms with van der Waals surface area (Å²) in [5, 5.41) is 4.27. The molecule has 0 spiro atoms. The van der Waals surface area contributed by atoms with E-state index in [4.69, 9.17) is 17.0 Å². The number of nitrogens with one attached hydrogen (secondary N) is 1. The summed E-state index contributed by atoms with van der Waals surface area (Å²) in [6, 6.07) is 24.8. The van der Waals surface area contributed by atoms with Crippen molar-refractivity contribution >= 4 is 23.0 Å². The minimum atomic E-state index is -0.0755. The molecule has 5 nitrogen and oxygen atoms in total. The molecule has 3 heterocycles. The molecule has 2 atom stereocenters. The number of nitrogens with zero attached hydrogens (tertiary/aromatic N) is 3. The summed E-state index contributed by atoms with van der Waals surface area (Å²) in [4.78, 5) is 6.92. The Morgan fingerprint density at radius 2 is 1.71 bits per heavy atom. The third-order valence-corrected chi connectivity index (χ3v) is 6.79. The van der Waals surface area contributed by atoms with Crippen LogP contribution in [0.3, 0.4) is 0 Å². The molecule has 6 heteroatoms. The van der Waals surface area contributed by atoms with Crippen molar-refractivity contribution in [2.75, 3.05) is 12.0 Å². The molecule has 172 valence electrons. The van der Waals surface area contributed by atoms with Crippen molar-refractivity contribution in [3.05, 3.63) is 107 Å². The lowest BCUT2D eigenvalue weighted by Crippen LogP contribution is -2.29. The van der Waals surface area contributed by atoms with Crippen molar-refractivity contribution in [1.29, 1.82) is 0 Å². The number of aromatic nitrogens is 2. The van der Waals surface area contributed by atoms with E-state index in [0.29, 0.717) is 5.11 Å². The summed E-state index contributed by atoms with van der Waals surface area (Å²) in [6.45, 7) is 6.42. The maximum atomic E-state index is 5.89. The van der Waals surface area contributed by atoms with Gasteiger partial charge >= 0.3 is 0 Å². The zero-order valence-electron chi connectivity index (χ0n) is 19.8. The van der Waals surface area contributed by atoms with E-state index in [1.807, 2.05) is 30.5 Å². The molecule has 0 amide bonds. The van der Waals surface area contributed by atoms with Crippen molar-refractivity contribution in [2.24, 2.45) is 0 Å². The van der Waals surface area contributed by atoms with Crippen molar-refractivity contribution in [3.63, 3.8) is 0 Å². The first-order valence-electron chi connectivity index (χ1n) is 11.4. The summed E-state index contributed by atoms with van der Waals surface area (Å²) >= 11 is 5.89. The van der Waals surface area contributed by atoms with Gasteiger partial charge in [-0.05, 0) is 86.6 Å². The summed E-state index contributed by atoms with van der Waals surface area (Å²) in [7, 11) is 1.70. The second-order valence-electron chi connectivity index (χ2n) is 8.70. The number of methoxy groups -OCH3 is 1. The molecule has 0 bridgehead atoms. The molecule has 1 aliphatic rings. The van der Waals surface area contributed by atoms with Gasteiger partial charge in [0.15, 0.2) is 5.11 Å². The fraction of sp³-hybridized carbons (Fsp3) is 0.214. The molecule has 2 aromatic carbocycles. The predicted octanol–water partition coefficient (Wildman–Crippen LogP) is 5.98. The van der Waals surface area contributed by atoms with Crippen LogP contribution in [-0.4, -0.2) is 21.8 Å². The van der Waals surface area contributed by atoms with E-state index in [9.17, 15) is 0 Å². The topological polar surface area (TPSA) is 42.3 Å². The first-order chi connectivity index (χ1) is 16.5. The van der Waals surface area contributed by atoms with Gasteiger partial charge in [0, 0.05) is 35.0 Å². The molecule has 0 radical (unpaired) electrons. The summed E-state index contributed by atoms with van der Waals surface area (Å²) in [5.41, 5.74) is 7.85. The van der Waals surface area contributed by atoms with E-state index >= 15 is 0 Å². The van der Waals surface area contributed by atoms with Gasteiger partial charge in [0.2, 0.25) is 0 Å². The first kappa shape index (κ1) is 22.2. The quantitative estimate of drug-likeness (QED) is 0.365. The number of thiocarbonyl (C=S) groups is 1. The lowest BCUT2D eigenvalue weighted by Gasteiger charge is -2.28. The van der Waals surface area contributed by atoms with Crippen LogP contribution >= 0.6 is 12.2 Å². The van der Waals surface area contributed by atoms with Crippen LogP contribution in [0.4, 0.5) is 5.69 Å². The number of ether oxygens (including phenoxy) is 1. The third kappa shape index (κ3) is 3.84. The van der Waals surface area contributed by atoms with Crippen LogP contribution in [0.1, 0.15) is 40.3 Å². The van der Waals surface area contributed by atoms with E-state index in [0.717, 1.165) is 28.5 Å². The fourth-order valence-electron chi connectivity index (χ4n) is 4.96. The van der Waals surface area contributed by atoms with Crippen molar-refractivity contribution in [2.45, 2.75) is 32.9 Å². The second-order valence-corrected chi connectivity index (χ2v) is 9.09. The predicted molar refractivity (Wildman–Crippen MR) is 141 cm³/mol. The van der Waals surface area contributed by atoms with Gasteiger partial charge in [0.25, 0.3) is 0 Å². The van der Waals surface area contributed by atoms with Gasteiger partial charge in [-0.15, -0.1) is 0 Å². The van der Waals surface area contributed by atoms with Crippen LogP contribution in [0.15, 0.2) is 79.0 Å². The SMILES string of the molecule is COc1cccc(-n2c(C)cc([C@@H]3[C@@H](c4ccccn4)NC(=S)N3c3cccc(C)c3)c2C)c1. The van der Waals surface area contributed by atoms with Crippen LogP contribution < -0.4 is 15.0 Å². The Hall–Kier alpha value is -3.64. The molecular weight excluding hydrogens is 440 g/mol. The van der Waals surface area contributed by atoms with E-state index in [2.05, 4.69) is 89.1 Å². The summed E-state index contributed by atoms with van der Waals surface area (Å²) < 4.78 is 7.76. The molecule has 1 saturated heterocycles. The van der Waals surface area contributed by atoms with Gasteiger partial charge in [0.05, 0.1) is 24.9 Å². The van der Waals surface area contributed by atoms with E-state index in [1.165, 1.54) is 16.8 Å². The molecule has 4 aromatic rings. The van der Waals surface area contributed by atoms with Gasteiger partial charge < -0.3 is 19.5 Å². The number of anilines is 1. The Morgan fingerprint density at radius 3 is 2.44 bits per heavy atom. The Labute approximate surface area is 206 Å². The van der Waals surface area contributed by atoms with Crippen LogP contribution in [0.2, 0.25) is 0 Å². The lowest BCUT2D eigenvalue weighted by molar-refractivity contribution is 0.414. The smallest absolute Gasteiger partial charge is 0.174 e. The highest BCUT2D eigenvalue weighted by molar-refractivity contribution is 7.80. The maximum Gasteiger partial charge on any atom is 0.174 e. The monoisotopic (exact) mass is 468 g/mol. The molecule has 1 N–H and O–H groups in total. The number of benzene rings is 2. The van der Waals surface area contributed by atoms with Crippen LogP contribution in [0.5, 0.6) is 5.75 Å². The Bertz CT molecular complexity index is 1350. The lowest BCUT2D eigenvalue weighted by atomic mass is 9.96. The average molecular weight is 469 g/mol. The maximum absolute atomic E-state index is 5.89. The number of aryl methyl sites for hydroxylation is 2. The highest BCUT2D eigenvalue weighted by Gasteiger charge is 2.42. The molecule has 0 unspecified atom stereocenters. The van der Waals surface area contributed by atoms with Crippen molar-refractivity contribution < 1.29 is 4.74 Å². The average Bonchev–Trinajstić information content (AvgIpc) is 3.34. The fourth-order valence-corrected chi connectivity index (χ4v) is 5.31. The Kier molecular flexibility index (Phi) is 5.84. The van der Waals surface area contributed by atoms with Gasteiger partial charge in [-0.1, -0.05) is 24.3 Å². The molecular formula is C28H28N4OS. The number of hydrogen-bond acceptors (Lipinski definition) is 3. The third-order valence-electron chi connectivity index (χ3n) is 6.48. The number of pyridine rings is 1. The second kappa shape index (κ2) is 8.95. The molecule has 0 saturated carbocycles. The molecule has 5 rings (SSSR count). The standard InChI is InChI=1S/C28H28N4OS/c1-18-9-7-10-21(15-18)32-27(26(30-28(32)34)25-13-5-6-14-29-25)24-16-19(2)31(20(24)3)22-11-8-12-23(17-22)33-4/h5-17,26-27H,1-4H3,(H,30,34)/t26-,27-/m1/s1. The molecule has 0 aliphatic carbocycles. The Balaban J connectivity index is 1.68. The number of rotatable bonds is 5. The van der Waals surface area contributed by atoms with E-state index < -0.39 is 0 Å². The highest BCUT2D eigenvalue weighted by atomic mass is 32.1. The molecule has 2 aromatic heterocycles. The van der Waals surface area contributed by atoms with Crippen molar-refractivity contribution in [1.82, 2.24) is 14.9 Å². The minimum absolute atomic E-state index is 0.0465. The molecule has 34 heavy (non-hydrogen) atoms. The minimum Gasteiger partial charge on any atom is -0.497 e. The van der Waals surface area contributed by atoms with Gasteiger partial charge in [-0.25, -0.2) is 0 Å². The molecule has 1 fully saturated rings. The molecule has 1 aliphatic heterocycles. The summed E-state index contributed by atoms with van der Waals surface area (Å²) in [6.07, 6.45) is 1.84. The summed E-state index contributed by atoms with van der Waals surface area (Å²) in [5.74, 6) is 0.836.